The Hall–Kier alpha value is -3.60. The summed E-state index contributed by atoms with van der Waals surface area (Å²) in [5.74, 6) is 0.0304. The fourth-order valence-electron chi connectivity index (χ4n) is 4.45. The molecular formula is C28H30N2O3. The van der Waals surface area contributed by atoms with Gasteiger partial charge in [0, 0.05) is 31.5 Å². The highest BCUT2D eigenvalue weighted by Crippen LogP contribution is 2.39. The number of benzene rings is 3. The van der Waals surface area contributed by atoms with Gasteiger partial charge in [-0.3, -0.25) is 4.79 Å². The van der Waals surface area contributed by atoms with E-state index in [0.717, 1.165) is 29.5 Å². The van der Waals surface area contributed by atoms with Crippen LogP contribution in [-0.2, 0) is 28.1 Å². The molecule has 0 atom stereocenters. The van der Waals surface area contributed by atoms with Crippen molar-refractivity contribution in [2.24, 2.45) is 0 Å². The van der Waals surface area contributed by atoms with Gasteiger partial charge in [0.05, 0.1) is 0 Å². The van der Waals surface area contributed by atoms with Crippen LogP contribution in [0.5, 0.6) is 0 Å². The lowest BCUT2D eigenvalue weighted by molar-refractivity contribution is -0.123. The first-order valence-corrected chi connectivity index (χ1v) is 11.5. The maximum absolute atomic E-state index is 12.9. The number of ether oxygens (including phenoxy) is 1. The first kappa shape index (κ1) is 22.6. The summed E-state index contributed by atoms with van der Waals surface area (Å²) in [7, 11) is 0. The fraction of sp³-hybridized carbons (Fsp3) is 0.286. The number of rotatable bonds is 7. The van der Waals surface area contributed by atoms with Crippen LogP contribution in [0.25, 0.3) is 0 Å². The van der Waals surface area contributed by atoms with Crippen molar-refractivity contribution >= 4 is 12.0 Å². The van der Waals surface area contributed by atoms with Crippen LogP contribution in [0.3, 0.4) is 0 Å². The van der Waals surface area contributed by atoms with Gasteiger partial charge in [0.1, 0.15) is 6.61 Å². The molecule has 0 aromatic heterocycles. The van der Waals surface area contributed by atoms with Gasteiger partial charge in [-0.2, -0.15) is 0 Å². The number of carbonyl (C=O) groups is 2. The molecule has 1 fully saturated rings. The van der Waals surface area contributed by atoms with E-state index in [0.29, 0.717) is 26.1 Å². The van der Waals surface area contributed by atoms with Crippen molar-refractivity contribution in [3.63, 3.8) is 0 Å². The highest BCUT2D eigenvalue weighted by Gasteiger charge is 2.39. The topological polar surface area (TPSA) is 58.6 Å². The van der Waals surface area contributed by atoms with Crippen molar-refractivity contribution in [1.82, 2.24) is 10.2 Å². The minimum atomic E-state index is -0.297. The number of carbonyl (C=O) groups excluding carboxylic acids is 2. The molecule has 1 aliphatic rings. The van der Waals surface area contributed by atoms with Gasteiger partial charge in [-0.1, -0.05) is 91.0 Å². The number of nitrogens with zero attached hydrogens (tertiary/aromatic N) is 1. The van der Waals surface area contributed by atoms with Gasteiger partial charge in [-0.25, -0.2) is 4.79 Å². The van der Waals surface area contributed by atoms with Crippen LogP contribution in [0, 0.1) is 0 Å². The molecule has 1 N–H and O–H groups in total. The Morgan fingerprint density at radius 2 is 1.33 bits per heavy atom. The third-order valence-electron chi connectivity index (χ3n) is 6.40. The van der Waals surface area contributed by atoms with Crippen LogP contribution in [0.1, 0.15) is 36.0 Å². The van der Waals surface area contributed by atoms with Crippen molar-refractivity contribution in [3.05, 3.63) is 108 Å². The van der Waals surface area contributed by atoms with Crippen molar-refractivity contribution in [2.75, 3.05) is 13.1 Å². The largest absolute Gasteiger partial charge is 0.445 e. The van der Waals surface area contributed by atoms with E-state index < -0.39 is 0 Å². The predicted molar refractivity (Wildman–Crippen MR) is 128 cm³/mol. The summed E-state index contributed by atoms with van der Waals surface area (Å²) in [5.41, 5.74) is 2.91. The van der Waals surface area contributed by atoms with E-state index in [1.165, 1.54) is 0 Å². The zero-order chi connectivity index (χ0) is 22.9. The Balaban J connectivity index is 1.37. The third kappa shape index (κ3) is 6.01. The number of piperidine rings is 1. The Morgan fingerprint density at radius 3 is 1.94 bits per heavy atom. The molecule has 0 spiro atoms. The summed E-state index contributed by atoms with van der Waals surface area (Å²) >= 11 is 0. The van der Waals surface area contributed by atoms with Gasteiger partial charge >= 0.3 is 6.09 Å². The molecule has 33 heavy (non-hydrogen) atoms. The molecule has 0 radical (unpaired) electrons. The van der Waals surface area contributed by atoms with E-state index in [2.05, 4.69) is 17.4 Å². The molecular weight excluding hydrogens is 412 g/mol. The Kier molecular flexibility index (Phi) is 7.40. The summed E-state index contributed by atoms with van der Waals surface area (Å²) in [6, 6.07) is 29.8. The second-order valence-corrected chi connectivity index (χ2v) is 8.61. The summed E-state index contributed by atoms with van der Waals surface area (Å²) in [5, 5.41) is 3.07. The standard InChI is InChI=1S/C28H30N2O3/c31-26(29-21-23-10-4-1-5-11-23)20-28(25-14-8-3-9-15-25)16-18-30(19-17-28)27(32)33-22-24-12-6-2-7-13-24/h1-15H,16-22H2,(H,29,31). The van der Waals surface area contributed by atoms with E-state index in [1.54, 1.807) is 4.90 Å². The van der Waals surface area contributed by atoms with Crippen LogP contribution >= 0.6 is 0 Å². The van der Waals surface area contributed by atoms with Crippen molar-refractivity contribution in [3.8, 4) is 0 Å². The van der Waals surface area contributed by atoms with Gasteiger partial charge in [-0.05, 0) is 29.5 Å². The van der Waals surface area contributed by atoms with E-state index in [4.69, 9.17) is 4.74 Å². The molecule has 0 unspecified atom stereocenters. The Labute approximate surface area is 195 Å². The smallest absolute Gasteiger partial charge is 0.410 e. The highest BCUT2D eigenvalue weighted by atomic mass is 16.6. The lowest BCUT2D eigenvalue weighted by atomic mass is 9.70. The summed E-state index contributed by atoms with van der Waals surface area (Å²) < 4.78 is 5.52. The minimum Gasteiger partial charge on any atom is -0.445 e. The lowest BCUT2D eigenvalue weighted by Crippen LogP contribution is -2.47. The van der Waals surface area contributed by atoms with Gasteiger partial charge in [0.15, 0.2) is 0 Å². The van der Waals surface area contributed by atoms with E-state index in [-0.39, 0.29) is 24.0 Å². The zero-order valence-corrected chi connectivity index (χ0v) is 18.8. The van der Waals surface area contributed by atoms with Crippen molar-refractivity contribution < 1.29 is 14.3 Å². The van der Waals surface area contributed by atoms with Crippen LogP contribution < -0.4 is 5.32 Å². The molecule has 1 heterocycles. The maximum Gasteiger partial charge on any atom is 0.410 e. The molecule has 2 amide bonds. The van der Waals surface area contributed by atoms with Crippen LogP contribution in [0.15, 0.2) is 91.0 Å². The SMILES string of the molecule is O=C(CC1(c2ccccc2)CCN(C(=O)OCc2ccccc2)CC1)NCc1ccccc1. The monoisotopic (exact) mass is 442 g/mol. The average Bonchev–Trinajstić information content (AvgIpc) is 2.88. The molecule has 170 valence electrons. The molecule has 1 saturated heterocycles. The first-order valence-electron chi connectivity index (χ1n) is 11.5. The van der Waals surface area contributed by atoms with Gasteiger partial charge < -0.3 is 15.0 Å². The van der Waals surface area contributed by atoms with Gasteiger partial charge in [0.2, 0.25) is 5.91 Å². The van der Waals surface area contributed by atoms with Crippen molar-refractivity contribution in [1.29, 1.82) is 0 Å². The Bertz CT molecular complexity index is 1030. The molecule has 3 aromatic rings. The van der Waals surface area contributed by atoms with E-state index >= 15 is 0 Å². The quantitative estimate of drug-likeness (QED) is 0.556. The number of hydrogen-bond acceptors (Lipinski definition) is 3. The number of hydrogen-bond donors (Lipinski definition) is 1. The highest BCUT2D eigenvalue weighted by molar-refractivity contribution is 5.78. The average molecular weight is 443 g/mol. The maximum atomic E-state index is 12.9. The van der Waals surface area contributed by atoms with E-state index in [1.807, 2.05) is 78.9 Å². The molecule has 5 heteroatoms. The second-order valence-electron chi connectivity index (χ2n) is 8.61. The summed E-state index contributed by atoms with van der Waals surface area (Å²) in [6.45, 7) is 1.91. The normalized spacial score (nSPS) is 15.0. The predicted octanol–water partition coefficient (Wildman–Crippen LogP) is 5.06. The minimum absolute atomic E-state index is 0.0304. The fourth-order valence-corrected chi connectivity index (χ4v) is 4.45. The van der Waals surface area contributed by atoms with Crippen LogP contribution in [-0.4, -0.2) is 30.0 Å². The summed E-state index contributed by atoms with van der Waals surface area (Å²) in [6.07, 6.45) is 1.54. The molecule has 3 aromatic carbocycles. The molecule has 0 saturated carbocycles. The van der Waals surface area contributed by atoms with Crippen molar-refractivity contribution in [2.45, 2.75) is 37.8 Å². The third-order valence-corrected chi connectivity index (χ3v) is 6.40. The second kappa shape index (κ2) is 10.8. The number of nitrogens with one attached hydrogen (secondary N) is 1. The number of likely N-dealkylation sites (tertiary alicyclic amines) is 1. The lowest BCUT2D eigenvalue weighted by Gasteiger charge is -2.41. The van der Waals surface area contributed by atoms with Crippen LogP contribution in [0.4, 0.5) is 4.79 Å². The van der Waals surface area contributed by atoms with Gasteiger partial charge in [0.25, 0.3) is 0 Å². The zero-order valence-electron chi connectivity index (χ0n) is 18.8. The molecule has 5 nitrogen and oxygen atoms in total. The number of amides is 2. The molecule has 4 rings (SSSR count). The van der Waals surface area contributed by atoms with Crippen LogP contribution in [0.2, 0.25) is 0 Å². The first-order chi connectivity index (χ1) is 16.1. The van der Waals surface area contributed by atoms with E-state index in [9.17, 15) is 9.59 Å². The summed E-state index contributed by atoms with van der Waals surface area (Å²) in [4.78, 5) is 27.3. The molecule has 1 aliphatic heterocycles. The van der Waals surface area contributed by atoms with Gasteiger partial charge in [-0.15, -0.1) is 0 Å². The molecule has 0 bridgehead atoms. The Morgan fingerprint density at radius 1 is 0.788 bits per heavy atom. The molecule has 0 aliphatic carbocycles.